The summed E-state index contributed by atoms with van der Waals surface area (Å²) in [6.45, 7) is 4.54. The SMILES string of the molecule is CCCCCC1=CCC(C(=O)Oc2ccc(CCC3CCC(CCCCC)CC3)cc2)CC1. The molecule has 1 fully saturated rings. The Morgan fingerprint density at radius 3 is 2.12 bits per heavy atom. The van der Waals surface area contributed by atoms with E-state index in [1.807, 2.05) is 12.1 Å². The Morgan fingerprint density at radius 2 is 1.48 bits per heavy atom. The number of allylic oxidation sites excluding steroid dienone is 2. The van der Waals surface area contributed by atoms with Crippen LogP contribution in [0.4, 0.5) is 0 Å². The van der Waals surface area contributed by atoms with Gasteiger partial charge < -0.3 is 4.74 Å². The van der Waals surface area contributed by atoms with E-state index in [0.717, 1.165) is 37.5 Å². The largest absolute Gasteiger partial charge is 0.426 e. The molecule has 0 aromatic heterocycles. The first kappa shape index (κ1) is 26.0. The van der Waals surface area contributed by atoms with Gasteiger partial charge in [0.25, 0.3) is 0 Å². The molecule has 3 rings (SSSR count). The van der Waals surface area contributed by atoms with E-state index in [1.165, 1.54) is 89.0 Å². The van der Waals surface area contributed by atoms with Gasteiger partial charge in [-0.1, -0.05) is 102 Å². The molecule has 2 aliphatic carbocycles. The van der Waals surface area contributed by atoms with Gasteiger partial charge in [0.1, 0.15) is 5.75 Å². The van der Waals surface area contributed by atoms with Gasteiger partial charge in [-0.15, -0.1) is 0 Å². The smallest absolute Gasteiger partial charge is 0.314 e. The van der Waals surface area contributed by atoms with Crippen LogP contribution < -0.4 is 4.74 Å². The summed E-state index contributed by atoms with van der Waals surface area (Å²) in [4.78, 5) is 12.6. The number of aryl methyl sites for hydroxylation is 1. The third-order valence-electron chi connectivity index (χ3n) is 8.11. The van der Waals surface area contributed by atoms with Gasteiger partial charge in [0.2, 0.25) is 0 Å². The molecule has 0 aliphatic heterocycles. The number of unbranched alkanes of at least 4 members (excludes halogenated alkanes) is 4. The van der Waals surface area contributed by atoms with Gasteiger partial charge in [-0.05, 0) is 74.5 Å². The van der Waals surface area contributed by atoms with Gasteiger partial charge in [0.15, 0.2) is 0 Å². The summed E-state index contributed by atoms with van der Waals surface area (Å²) in [6.07, 6.45) is 24.0. The van der Waals surface area contributed by atoms with Crippen LogP contribution in [0.2, 0.25) is 0 Å². The second kappa shape index (κ2) is 14.6. The molecule has 2 nitrogen and oxygen atoms in total. The number of rotatable bonds is 13. The number of carbonyl (C=O) groups is 1. The van der Waals surface area contributed by atoms with Gasteiger partial charge in [-0.3, -0.25) is 4.79 Å². The maximum absolute atomic E-state index is 12.6. The lowest BCUT2D eigenvalue weighted by molar-refractivity contribution is -0.139. The number of ether oxygens (including phenoxy) is 1. The first-order valence-electron chi connectivity index (χ1n) is 14.2. The second-order valence-electron chi connectivity index (χ2n) is 10.8. The summed E-state index contributed by atoms with van der Waals surface area (Å²) < 4.78 is 5.72. The van der Waals surface area contributed by atoms with Crippen LogP contribution >= 0.6 is 0 Å². The minimum atomic E-state index is -0.0534. The molecule has 1 unspecified atom stereocenters. The van der Waals surface area contributed by atoms with Crippen molar-refractivity contribution in [2.45, 2.75) is 123 Å². The normalized spacial score (nSPS) is 23.2. The zero-order valence-corrected chi connectivity index (χ0v) is 21.5. The number of esters is 1. The third-order valence-corrected chi connectivity index (χ3v) is 8.11. The molecule has 0 heterocycles. The molecule has 33 heavy (non-hydrogen) atoms. The lowest BCUT2D eigenvalue weighted by Gasteiger charge is -2.28. The summed E-state index contributed by atoms with van der Waals surface area (Å²) >= 11 is 0. The molecule has 2 aliphatic rings. The molecule has 0 radical (unpaired) electrons. The lowest BCUT2D eigenvalue weighted by Crippen LogP contribution is -2.22. The Morgan fingerprint density at radius 1 is 0.818 bits per heavy atom. The van der Waals surface area contributed by atoms with E-state index in [4.69, 9.17) is 4.74 Å². The van der Waals surface area contributed by atoms with Crippen molar-refractivity contribution in [3.63, 3.8) is 0 Å². The molecule has 1 saturated carbocycles. The maximum Gasteiger partial charge on any atom is 0.314 e. The fourth-order valence-corrected chi connectivity index (χ4v) is 5.72. The first-order valence-corrected chi connectivity index (χ1v) is 14.2. The number of hydrogen-bond donors (Lipinski definition) is 0. The van der Waals surface area contributed by atoms with Crippen LogP contribution in [-0.4, -0.2) is 5.97 Å². The van der Waals surface area contributed by atoms with Crippen LogP contribution in [0.5, 0.6) is 5.75 Å². The quantitative estimate of drug-likeness (QED) is 0.129. The van der Waals surface area contributed by atoms with Gasteiger partial charge in [0.05, 0.1) is 5.92 Å². The van der Waals surface area contributed by atoms with Crippen molar-refractivity contribution in [3.05, 3.63) is 41.5 Å². The molecule has 1 aromatic carbocycles. The van der Waals surface area contributed by atoms with E-state index in [-0.39, 0.29) is 11.9 Å². The Hall–Kier alpha value is -1.57. The molecule has 184 valence electrons. The highest BCUT2D eigenvalue weighted by atomic mass is 16.5. The monoisotopic (exact) mass is 452 g/mol. The van der Waals surface area contributed by atoms with Crippen molar-refractivity contribution in [2.75, 3.05) is 0 Å². The lowest BCUT2D eigenvalue weighted by atomic mass is 9.78. The Balaban J connectivity index is 1.34. The Kier molecular flexibility index (Phi) is 11.6. The van der Waals surface area contributed by atoms with E-state index in [1.54, 1.807) is 5.57 Å². The molecule has 0 bridgehead atoms. The van der Waals surface area contributed by atoms with E-state index in [2.05, 4.69) is 32.1 Å². The van der Waals surface area contributed by atoms with Crippen LogP contribution in [0.3, 0.4) is 0 Å². The Bertz CT molecular complexity index is 709. The topological polar surface area (TPSA) is 26.3 Å². The highest BCUT2D eigenvalue weighted by Gasteiger charge is 2.23. The highest BCUT2D eigenvalue weighted by Crippen LogP contribution is 2.34. The number of carbonyl (C=O) groups excluding carboxylic acids is 1. The third kappa shape index (κ3) is 9.30. The number of benzene rings is 1. The van der Waals surface area contributed by atoms with Crippen molar-refractivity contribution >= 4 is 5.97 Å². The molecule has 2 heteroatoms. The molecule has 1 atom stereocenters. The molecule has 0 spiro atoms. The zero-order valence-electron chi connectivity index (χ0n) is 21.5. The minimum Gasteiger partial charge on any atom is -0.426 e. The Labute approximate surface area is 203 Å². The van der Waals surface area contributed by atoms with Crippen LogP contribution in [0.15, 0.2) is 35.9 Å². The van der Waals surface area contributed by atoms with E-state index in [9.17, 15) is 4.79 Å². The summed E-state index contributed by atoms with van der Waals surface area (Å²) in [5.74, 6) is 2.57. The second-order valence-corrected chi connectivity index (χ2v) is 10.8. The fourth-order valence-electron chi connectivity index (χ4n) is 5.72. The van der Waals surface area contributed by atoms with E-state index < -0.39 is 0 Å². The van der Waals surface area contributed by atoms with Crippen molar-refractivity contribution < 1.29 is 9.53 Å². The van der Waals surface area contributed by atoms with E-state index >= 15 is 0 Å². The maximum atomic E-state index is 12.6. The van der Waals surface area contributed by atoms with Crippen molar-refractivity contribution in [3.8, 4) is 5.75 Å². The molecular formula is C31H48O2. The molecule has 1 aromatic rings. The standard InChI is InChI=1S/C31H48O2/c1-3-5-7-9-25-11-13-27(14-12-25)15-16-28-19-23-30(24-20-28)33-31(32)29-21-17-26(18-22-29)10-8-6-4-2/h17,19-20,23-25,27,29H,3-16,18,21-22H2,1-2H3. The van der Waals surface area contributed by atoms with Crippen molar-refractivity contribution in [2.24, 2.45) is 17.8 Å². The predicted molar refractivity (Wildman–Crippen MR) is 140 cm³/mol. The van der Waals surface area contributed by atoms with Crippen molar-refractivity contribution in [1.29, 1.82) is 0 Å². The summed E-state index contributed by atoms with van der Waals surface area (Å²) in [7, 11) is 0. The molecule has 0 N–H and O–H groups in total. The van der Waals surface area contributed by atoms with Crippen LogP contribution in [-0.2, 0) is 11.2 Å². The fraction of sp³-hybridized carbons (Fsp3) is 0.710. The molecular weight excluding hydrogens is 404 g/mol. The molecule has 0 saturated heterocycles. The summed E-state index contributed by atoms with van der Waals surface area (Å²) in [5.41, 5.74) is 2.92. The zero-order chi connectivity index (χ0) is 23.3. The predicted octanol–water partition coefficient (Wildman–Crippen LogP) is 9.22. The van der Waals surface area contributed by atoms with Crippen LogP contribution in [0.25, 0.3) is 0 Å². The van der Waals surface area contributed by atoms with E-state index in [0.29, 0.717) is 5.75 Å². The van der Waals surface area contributed by atoms with Crippen LogP contribution in [0.1, 0.15) is 122 Å². The average molecular weight is 453 g/mol. The average Bonchev–Trinajstić information content (AvgIpc) is 2.85. The van der Waals surface area contributed by atoms with Gasteiger partial charge in [-0.25, -0.2) is 0 Å². The van der Waals surface area contributed by atoms with Gasteiger partial charge in [0, 0.05) is 0 Å². The van der Waals surface area contributed by atoms with Gasteiger partial charge in [-0.2, -0.15) is 0 Å². The summed E-state index contributed by atoms with van der Waals surface area (Å²) in [6, 6.07) is 8.30. The number of hydrogen-bond acceptors (Lipinski definition) is 2. The van der Waals surface area contributed by atoms with Crippen LogP contribution in [0, 0.1) is 17.8 Å². The molecule has 0 amide bonds. The minimum absolute atomic E-state index is 0.0247. The van der Waals surface area contributed by atoms with Crippen molar-refractivity contribution in [1.82, 2.24) is 0 Å². The highest BCUT2D eigenvalue weighted by molar-refractivity contribution is 5.75. The summed E-state index contributed by atoms with van der Waals surface area (Å²) in [5, 5.41) is 0. The first-order chi connectivity index (χ1) is 16.2. The van der Waals surface area contributed by atoms with Gasteiger partial charge >= 0.3 is 5.97 Å².